The molecule has 102 valence electrons. The molecule has 0 bridgehead atoms. The second kappa shape index (κ2) is 4.72. The first-order chi connectivity index (χ1) is 8.99. The van der Waals surface area contributed by atoms with Crippen molar-refractivity contribution in [3.8, 4) is 11.5 Å². The Hall–Kier alpha value is -2.37. The van der Waals surface area contributed by atoms with Gasteiger partial charge in [0.2, 0.25) is 0 Å². The molecule has 6 heteroatoms. The fourth-order valence-electron chi connectivity index (χ4n) is 2.33. The van der Waals surface area contributed by atoms with Crippen LogP contribution in [0.3, 0.4) is 0 Å². The van der Waals surface area contributed by atoms with E-state index in [9.17, 15) is 4.79 Å². The quantitative estimate of drug-likeness (QED) is 0.815. The maximum atomic E-state index is 10.9. The number of aryl methyl sites for hydroxylation is 1. The number of hydrogen-bond donors (Lipinski definition) is 2. The highest BCUT2D eigenvalue weighted by Gasteiger charge is 2.19. The van der Waals surface area contributed by atoms with Crippen molar-refractivity contribution in [1.82, 2.24) is 4.57 Å². The average molecular weight is 264 g/mol. The molecule has 0 saturated heterocycles. The van der Waals surface area contributed by atoms with Crippen LogP contribution in [0.15, 0.2) is 12.3 Å². The first-order valence-electron chi connectivity index (χ1n) is 5.69. The van der Waals surface area contributed by atoms with E-state index in [1.54, 1.807) is 16.8 Å². The number of fused-ring (bicyclic) bond motifs is 1. The van der Waals surface area contributed by atoms with E-state index in [1.165, 1.54) is 14.2 Å². The van der Waals surface area contributed by atoms with Crippen LogP contribution in [0.2, 0.25) is 0 Å². The molecular weight excluding hydrogens is 248 g/mol. The van der Waals surface area contributed by atoms with Gasteiger partial charge in [-0.25, -0.2) is 0 Å². The second-order valence-electron chi connectivity index (χ2n) is 4.26. The third-order valence-corrected chi connectivity index (χ3v) is 3.04. The van der Waals surface area contributed by atoms with E-state index in [2.05, 4.69) is 0 Å². The van der Waals surface area contributed by atoms with Crippen LogP contribution < -0.4 is 15.2 Å². The number of ether oxygens (including phenoxy) is 2. The molecule has 0 aliphatic carbocycles. The number of methoxy groups -OCH3 is 2. The van der Waals surface area contributed by atoms with Gasteiger partial charge in [-0.3, -0.25) is 4.79 Å². The lowest BCUT2D eigenvalue weighted by molar-refractivity contribution is -0.136. The zero-order valence-electron chi connectivity index (χ0n) is 11.1. The molecule has 2 rings (SSSR count). The molecule has 0 amide bonds. The number of rotatable bonds is 4. The number of aliphatic carboxylic acids is 1. The summed E-state index contributed by atoms with van der Waals surface area (Å²) < 4.78 is 12.4. The normalized spacial score (nSPS) is 10.7. The van der Waals surface area contributed by atoms with Crippen molar-refractivity contribution >= 4 is 22.6 Å². The van der Waals surface area contributed by atoms with Gasteiger partial charge in [-0.05, 0) is 5.56 Å². The Morgan fingerprint density at radius 2 is 2.11 bits per heavy atom. The minimum atomic E-state index is -0.901. The lowest BCUT2D eigenvalue weighted by atomic mass is 10.1. The number of nitrogens with two attached hydrogens (primary N) is 1. The largest absolute Gasteiger partial charge is 0.493 e. The van der Waals surface area contributed by atoms with Gasteiger partial charge in [0.25, 0.3) is 0 Å². The topological polar surface area (TPSA) is 86.7 Å². The fourth-order valence-corrected chi connectivity index (χ4v) is 2.33. The summed E-state index contributed by atoms with van der Waals surface area (Å²) in [6.45, 7) is 0. The number of nitrogen functional groups attached to an aromatic ring is 1. The minimum Gasteiger partial charge on any atom is -0.493 e. The van der Waals surface area contributed by atoms with E-state index in [0.29, 0.717) is 28.1 Å². The molecule has 0 aliphatic rings. The summed E-state index contributed by atoms with van der Waals surface area (Å²) >= 11 is 0. The molecule has 0 fully saturated rings. The highest BCUT2D eigenvalue weighted by atomic mass is 16.5. The average Bonchev–Trinajstić information content (AvgIpc) is 2.66. The van der Waals surface area contributed by atoms with Gasteiger partial charge in [-0.1, -0.05) is 0 Å². The van der Waals surface area contributed by atoms with Gasteiger partial charge in [-0.2, -0.15) is 0 Å². The number of aromatic nitrogens is 1. The van der Waals surface area contributed by atoms with Crippen molar-refractivity contribution in [2.45, 2.75) is 6.42 Å². The summed E-state index contributed by atoms with van der Waals surface area (Å²) in [6, 6.07) is 1.65. The zero-order chi connectivity index (χ0) is 14.2. The monoisotopic (exact) mass is 264 g/mol. The van der Waals surface area contributed by atoms with Crippen LogP contribution in [0.25, 0.3) is 10.9 Å². The van der Waals surface area contributed by atoms with E-state index >= 15 is 0 Å². The van der Waals surface area contributed by atoms with Crippen LogP contribution in [0.4, 0.5) is 5.69 Å². The molecule has 0 aliphatic heterocycles. The van der Waals surface area contributed by atoms with Gasteiger partial charge in [0, 0.05) is 30.4 Å². The van der Waals surface area contributed by atoms with Crippen LogP contribution >= 0.6 is 0 Å². The lowest BCUT2D eigenvalue weighted by Crippen LogP contribution is -2.00. The Bertz CT molecular complexity index is 646. The number of anilines is 1. The molecule has 3 N–H and O–H groups in total. The summed E-state index contributed by atoms with van der Waals surface area (Å²) in [6.07, 6.45) is 1.66. The van der Waals surface area contributed by atoms with Gasteiger partial charge in [-0.15, -0.1) is 0 Å². The van der Waals surface area contributed by atoms with Crippen LogP contribution in [-0.2, 0) is 18.3 Å². The molecule has 6 nitrogen and oxygen atoms in total. The number of benzene rings is 1. The van der Waals surface area contributed by atoms with Gasteiger partial charge < -0.3 is 24.9 Å². The SMILES string of the molecule is COc1cc(N)c2c(CC(=O)O)cn(C)c2c1OC. The van der Waals surface area contributed by atoms with Crippen molar-refractivity contribution in [2.24, 2.45) is 7.05 Å². The molecule has 0 spiro atoms. The summed E-state index contributed by atoms with van der Waals surface area (Å²) in [5.74, 6) is 0.170. The molecular formula is C13H16N2O4. The van der Waals surface area contributed by atoms with E-state index in [1.807, 2.05) is 7.05 Å². The molecule has 0 radical (unpaired) electrons. The number of carboxylic acid groups (broad SMARTS) is 1. The van der Waals surface area contributed by atoms with E-state index in [4.69, 9.17) is 20.3 Å². The number of hydrogen-bond acceptors (Lipinski definition) is 4. The highest BCUT2D eigenvalue weighted by Crippen LogP contribution is 2.41. The molecule has 0 unspecified atom stereocenters. The highest BCUT2D eigenvalue weighted by molar-refractivity contribution is 6.01. The Morgan fingerprint density at radius 3 is 2.63 bits per heavy atom. The molecule has 1 aromatic heterocycles. The van der Waals surface area contributed by atoms with Crippen molar-refractivity contribution in [3.05, 3.63) is 17.8 Å². The van der Waals surface area contributed by atoms with Crippen LogP contribution in [-0.4, -0.2) is 29.9 Å². The molecule has 1 aromatic carbocycles. The smallest absolute Gasteiger partial charge is 0.307 e. The van der Waals surface area contributed by atoms with Crippen molar-refractivity contribution in [3.63, 3.8) is 0 Å². The van der Waals surface area contributed by atoms with Gasteiger partial charge >= 0.3 is 5.97 Å². The molecule has 19 heavy (non-hydrogen) atoms. The van der Waals surface area contributed by atoms with E-state index in [0.717, 1.165) is 5.52 Å². The van der Waals surface area contributed by atoms with Gasteiger partial charge in [0.1, 0.15) is 0 Å². The number of carboxylic acids is 1. The number of carbonyl (C=O) groups is 1. The third kappa shape index (κ3) is 2.05. The molecule has 0 saturated carbocycles. The van der Waals surface area contributed by atoms with Crippen LogP contribution in [0.5, 0.6) is 11.5 Å². The predicted molar refractivity (Wildman–Crippen MR) is 71.8 cm³/mol. The van der Waals surface area contributed by atoms with Gasteiger partial charge in [0.15, 0.2) is 11.5 Å². The Kier molecular flexibility index (Phi) is 3.25. The second-order valence-corrected chi connectivity index (χ2v) is 4.26. The zero-order valence-corrected chi connectivity index (χ0v) is 11.1. The first-order valence-corrected chi connectivity index (χ1v) is 5.69. The van der Waals surface area contributed by atoms with Crippen molar-refractivity contribution in [1.29, 1.82) is 0 Å². The van der Waals surface area contributed by atoms with E-state index < -0.39 is 5.97 Å². The summed E-state index contributed by atoms with van der Waals surface area (Å²) in [5, 5.41) is 9.64. The van der Waals surface area contributed by atoms with E-state index in [-0.39, 0.29) is 6.42 Å². The lowest BCUT2D eigenvalue weighted by Gasteiger charge is -2.12. The van der Waals surface area contributed by atoms with Crippen LogP contribution in [0, 0.1) is 0 Å². The Labute approximate surface area is 110 Å². The summed E-state index contributed by atoms with van der Waals surface area (Å²) in [4.78, 5) is 10.9. The summed E-state index contributed by atoms with van der Waals surface area (Å²) in [7, 11) is 4.89. The minimum absolute atomic E-state index is 0.0863. The molecule has 1 heterocycles. The molecule has 2 aromatic rings. The van der Waals surface area contributed by atoms with Crippen LogP contribution in [0.1, 0.15) is 5.56 Å². The Morgan fingerprint density at radius 1 is 1.42 bits per heavy atom. The number of nitrogens with zero attached hydrogens (tertiary/aromatic N) is 1. The Balaban J connectivity index is 2.82. The maximum absolute atomic E-state index is 10.9. The standard InChI is InChI=1S/C13H16N2O4/c1-15-6-7(4-10(16)17)11-8(14)5-9(18-2)13(19-3)12(11)15/h5-6H,4,14H2,1-3H3,(H,16,17). The third-order valence-electron chi connectivity index (χ3n) is 3.04. The predicted octanol–water partition coefficient (Wildman–Crippen LogP) is 1.40. The van der Waals surface area contributed by atoms with Crippen molar-refractivity contribution in [2.75, 3.05) is 20.0 Å². The summed E-state index contributed by atoms with van der Waals surface area (Å²) in [5.41, 5.74) is 7.87. The maximum Gasteiger partial charge on any atom is 0.307 e. The first kappa shape index (κ1) is 13.1. The van der Waals surface area contributed by atoms with Gasteiger partial charge in [0.05, 0.1) is 26.2 Å². The fraction of sp³-hybridized carbons (Fsp3) is 0.308. The van der Waals surface area contributed by atoms with Crippen molar-refractivity contribution < 1.29 is 19.4 Å². The molecule has 0 atom stereocenters.